The molecule has 1 unspecified atom stereocenters. The highest BCUT2D eigenvalue weighted by molar-refractivity contribution is 7.80. The number of halogens is 1. The Morgan fingerprint density at radius 1 is 1.33 bits per heavy atom. The fourth-order valence-electron chi connectivity index (χ4n) is 2.39. The predicted molar refractivity (Wildman–Crippen MR) is 93.1 cm³/mol. The largest absolute Gasteiger partial charge is 0.389 e. The van der Waals surface area contributed by atoms with Crippen LogP contribution in [0, 0.1) is 13.8 Å². The molecule has 0 spiro atoms. The highest BCUT2D eigenvalue weighted by Crippen LogP contribution is 2.28. The van der Waals surface area contributed by atoms with Crippen LogP contribution in [0.25, 0.3) is 0 Å². The van der Waals surface area contributed by atoms with Gasteiger partial charge in [-0.15, -0.1) is 0 Å². The van der Waals surface area contributed by atoms with Crippen molar-refractivity contribution in [2.45, 2.75) is 26.8 Å². The molecule has 1 heterocycles. The van der Waals surface area contributed by atoms with E-state index >= 15 is 0 Å². The number of hydrogen-bond donors (Lipinski definition) is 2. The molecule has 0 aliphatic rings. The third kappa shape index (κ3) is 3.52. The monoisotopic (exact) mass is 319 g/mol. The first-order valence-electron chi connectivity index (χ1n) is 6.69. The summed E-state index contributed by atoms with van der Waals surface area (Å²) in [5.74, 6) is 0. The number of aryl methyl sites for hydroxylation is 2. The molecule has 0 aliphatic carbocycles. The third-order valence-electron chi connectivity index (χ3n) is 3.32. The first-order chi connectivity index (χ1) is 9.90. The fourth-order valence-corrected chi connectivity index (χ4v) is 2.95. The average molecular weight is 320 g/mol. The number of nitrogens with two attached hydrogens (primary N) is 1. The van der Waals surface area contributed by atoms with Gasteiger partial charge in [-0.25, -0.2) is 0 Å². The molecule has 3 N–H and O–H groups in total. The van der Waals surface area contributed by atoms with Crippen LogP contribution in [-0.2, 0) is 0 Å². The second kappa shape index (κ2) is 6.41. The maximum absolute atomic E-state index is 6.25. The number of aromatic nitrogens is 1. The van der Waals surface area contributed by atoms with Crippen molar-refractivity contribution < 1.29 is 0 Å². The summed E-state index contributed by atoms with van der Waals surface area (Å²) in [4.78, 5) is 4.76. The molecule has 1 aromatic heterocycles. The third-order valence-corrected chi connectivity index (χ3v) is 3.87. The Labute approximate surface area is 135 Å². The van der Waals surface area contributed by atoms with Crippen molar-refractivity contribution in [3.05, 3.63) is 57.9 Å². The number of nitrogens with one attached hydrogen (secondary N) is 1. The van der Waals surface area contributed by atoms with Crippen LogP contribution in [0.5, 0.6) is 0 Å². The highest BCUT2D eigenvalue weighted by atomic mass is 35.5. The van der Waals surface area contributed by atoms with Crippen LogP contribution in [0.4, 0.5) is 5.69 Å². The van der Waals surface area contributed by atoms with E-state index in [0.717, 1.165) is 33.2 Å². The maximum Gasteiger partial charge on any atom is 0.107 e. The van der Waals surface area contributed by atoms with Gasteiger partial charge < -0.3 is 11.1 Å². The van der Waals surface area contributed by atoms with E-state index in [1.54, 1.807) is 0 Å². The molecule has 0 saturated carbocycles. The van der Waals surface area contributed by atoms with Crippen LogP contribution in [0.15, 0.2) is 30.3 Å². The molecule has 110 valence electrons. The molecule has 0 fully saturated rings. The number of rotatable bonds is 4. The van der Waals surface area contributed by atoms with Gasteiger partial charge in [0.05, 0.1) is 11.6 Å². The Balaban J connectivity index is 2.40. The number of thiocarbonyl (C=S) groups is 1. The van der Waals surface area contributed by atoms with E-state index in [2.05, 4.69) is 17.2 Å². The Morgan fingerprint density at radius 3 is 2.62 bits per heavy atom. The number of anilines is 1. The molecule has 1 aromatic carbocycles. The van der Waals surface area contributed by atoms with Gasteiger partial charge in [0.2, 0.25) is 0 Å². The summed E-state index contributed by atoms with van der Waals surface area (Å²) < 4.78 is 0. The van der Waals surface area contributed by atoms with E-state index < -0.39 is 0 Å². The molecule has 0 bridgehead atoms. The standard InChI is InChI=1S/C16H18ClN3S/c1-9-8-14(15(16(18)21)11(3)19-9)20-10(2)12-6-4-5-7-13(12)17/h4-8,10H,1-3H3,(H2,18,21)(H,19,20). The van der Waals surface area contributed by atoms with E-state index in [0.29, 0.717) is 4.99 Å². The van der Waals surface area contributed by atoms with E-state index in [1.165, 1.54) is 0 Å². The molecule has 5 heteroatoms. The zero-order valence-electron chi connectivity index (χ0n) is 12.3. The van der Waals surface area contributed by atoms with Crippen LogP contribution >= 0.6 is 23.8 Å². The minimum Gasteiger partial charge on any atom is -0.389 e. The molecule has 0 aliphatic heterocycles. The molecule has 2 rings (SSSR count). The molecule has 0 saturated heterocycles. The summed E-state index contributed by atoms with van der Waals surface area (Å²) in [7, 11) is 0. The number of hydrogen-bond acceptors (Lipinski definition) is 3. The molecule has 3 nitrogen and oxygen atoms in total. The van der Waals surface area contributed by atoms with Gasteiger partial charge in [-0.05, 0) is 38.5 Å². The Kier molecular flexibility index (Phi) is 4.80. The Hall–Kier alpha value is -1.65. The second-order valence-corrected chi connectivity index (χ2v) is 5.87. The lowest BCUT2D eigenvalue weighted by atomic mass is 10.1. The molecule has 0 amide bonds. The Bertz CT molecular complexity index is 685. The van der Waals surface area contributed by atoms with Crippen molar-refractivity contribution in [2.75, 3.05) is 5.32 Å². The molecule has 0 radical (unpaired) electrons. The van der Waals surface area contributed by atoms with E-state index in [9.17, 15) is 0 Å². The second-order valence-electron chi connectivity index (χ2n) is 5.02. The van der Waals surface area contributed by atoms with E-state index in [1.807, 2.05) is 44.2 Å². The van der Waals surface area contributed by atoms with Gasteiger partial charge in [0.15, 0.2) is 0 Å². The minimum atomic E-state index is 0.0352. The van der Waals surface area contributed by atoms with Crippen LogP contribution in [0.2, 0.25) is 5.02 Å². The van der Waals surface area contributed by atoms with Crippen LogP contribution in [0.1, 0.15) is 35.5 Å². The number of benzene rings is 1. The van der Waals surface area contributed by atoms with E-state index in [4.69, 9.17) is 29.6 Å². The number of pyridine rings is 1. The average Bonchev–Trinajstić information content (AvgIpc) is 2.37. The van der Waals surface area contributed by atoms with E-state index in [-0.39, 0.29) is 6.04 Å². The summed E-state index contributed by atoms with van der Waals surface area (Å²) >= 11 is 11.4. The lowest BCUT2D eigenvalue weighted by Crippen LogP contribution is -2.18. The van der Waals surface area contributed by atoms with Gasteiger partial charge >= 0.3 is 0 Å². The molecule has 1 atom stereocenters. The van der Waals surface area contributed by atoms with Gasteiger partial charge in [-0.1, -0.05) is 42.0 Å². The SMILES string of the molecule is Cc1cc(NC(C)c2ccccc2Cl)c(C(N)=S)c(C)n1. The predicted octanol–water partition coefficient (Wildman–Crippen LogP) is 4.16. The summed E-state index contributed by atoms with van der Waals surface area (Å²) in [6.07, 6.45) is 0. The number of nitrogens with zero attached hydrogens (tertiary/aromatic N) is 1. The van der Waals surface area contributed by atoms with Crippen LogP contribution in [-0.4, -0.2) is 9.97 Å². The zero-order valence-corrected chi connectivity index (χ0v) is 13.8. The summed E-state index contributed by atoms with van der Waals surface area (Å²) in [6, 6.07) is 9.76. The molecule has 2 aromatic rings. The first kappa shape index (κ1) is 15.7. The maximum atomic E-state index is 6.25. The minimum absolute atomic E-state index is 0.0352. The van der Waals surface area contributed by atoms with Crippen molar-refractivity contribution in [2.24, 2.45) is 5.73 Å². The van der Waals surface area contributed by atoms with Crippen LogP contribution in [0.3, 0.4) is 0 Å². The van der Waals surface area contributed by atoms with Crippen molar-refractivity contribution in [1.82, 2.24) is 4.98 Å². The molecule has 21 heavy (non-hydrogen) atoms. The van der Waals surface area contributed by atoms with Crippen molar-refractivity contribution in [1.29, 1.82) is 0 Å². The summed E-state index contributed by atoms with van der Waals surface area (Å²) in [6.45, 7) is 5.91. The fraction of sp³-hybridized carbons (Fsp3) is 0.250. The van der Waals surface area contributed by atoms with Gasteiger partial charge in [0.25, 0.3) is 0 Å². The first-order valence-corrected chi connectivity index (χ1v) is 7.47. The molecular weight excluding hydrogens is 302 g/mol. The summed E-state index contributed by atoms with van der Waals surface area (Å²) in [5, 5.41) is 4.17. The van der Waals surface area contributed by atoms with Gasteiger partial charge in [0, 0.05) is 22.1 Å². The zero-order chi connectivity index (χ0) is 15.6. The highest BCUT2D eigenvalue weighted by Gasteiger charge is 2.15. The quantitative estimate of drug-likeness (QED) is 0.831. The normalized spacial score (nSPS) is 12.0. The smallest absolute Gasteiger partial charge is 0.107 e. The van der Waals surface area contributed by atoms with Crippen molar-refractivity contribution in [3.8, 4) is 0 Å². The molecular formula is C16H18ClN3S. The Morgan fingerprint density at radius 2 is 2.00 bits per heavy atom. The van der Waals surface area contributed by atoms with Gasteiger partial charge in [-0.3, -0.25) is 4.98 Å². The van der Waals surface area contributed by atoms with Gasteiger partial charge in [-0.2, -0.15) is 0 Å². The summed E-state index contributed by atoms with van der Waals surface area (Å²) in [5.41, 5.74) is 10.3. The van der Waals surface area contributed by atoms with Crippen LogP contribution < -0.4 is 11.1 Å². The lowest BCUT2D eigenvalue weighted by Gasteiger charge is -2.20. The van der Waals surface area contributed by atoms with Crippen molar-refractivity contribution >= 4 is 34.5 Å². The van der Waals surface area contributed by atoms with Crippen molar-refractivity contribution in [3.63, 3.8) is 0 Å². The lowest BCUT2D eigenvalue weighted by molar-refractivity contribution is 0.881. The topological polar surface area (TPSA) is 50.9 Å². The van der Waals surface area contributed by atoms with Gasteiger partial charge in [0.1, 0.15) is 4.99 Å².